The number of rotatable bonds is 6. The van der Waals surface area contributed by atoms with E-state index in [1.807, 2.05) is 26.8 Å². The molecule has 0 aliphatic rings. The zero-order valence-electron chi connectivity index (χ0n) is 20.9. The molecule has 7 nitrogen and oxygen atoms in total. The topological polar surface area (TPSA) is 107 Å². The van der Waals surface area contributed by atoms with Crippen molar-refractivity contribution < 1.29 is 27.6 Å². The molecule has 2 aromatic carbocycles. The minimum absolute atomic E-state index is 0.0324. The van der Waals surface area contributed by atoms with Gasteiger partial charge in [0.2, 0.25) is 0 Å². The van der Waals surface area contributed by atoms with E-state index < -0.39 is 17.8 Å². The third-order valence-electron chi connectivity index (χ3n) is 4.61. The highest BCUT2D eigenvalue weighted by molar-refractivity contribution is 6.04. The Morgan fingerprint density at radius 1 is 1.00 bits per heavy atom. The predicted molar refractivity (Wildman–Crippen MR) is 133 cm³/mol. The number of benzene rings is 2. The lowest BCUT2D eigenvalue weighted by Crippen LogP contribution is -2.17. The van der Waals surface area contributed by atoms with Gasteiger partial charge in [0.15, 0.2) is 11.5 Å². The third-order valence-corrected chi connectivity index (χ3v) is 4.61. The van der Waals surface area contributed by atoms with E-state index in [1.54, 1.807) is 36.4 Å². The fourth-order valence-corrected chi connectivity index (χ4v) is 2.80. The number of nitrogens with one attached hydrogen (secondary N) is 1. The van der Waals surface area contributed by atoms with Crippen molar-refractivity contribution in [2.75, 3.05) is 11.9 Å². The molecule has 1 heterocycles. The summed E-state index contributed by atoms with van der Waals surface area (Å²) < 4.78 is 40.7. The molecule has 0 aliphatic carbocycles. The number of aryl methyl sites for hydroxylation is 1. The minimum Gasteiger partial charge on any atom is -0.324 e. The minimum atomic E-state index is -4.70. The van der Waals surface area contributed by atoms with Crippen molar-refractivity contribution in [3.05, 3.63) is 77.1 Å². The average Bonchev–Trinajstić information content (AvgIpc) is 3.32. The maximum absolute atomic E-state index is 13.2. The van der Waals surface area contributed by atoms with E-state index in [0.717, 1.165) is 10.2 Å². The molecule has 1 amide bonds. The summed E-state index contributed by atoms with van der Waals surface area (Å²) in [6, 6.07) is 13.7. The number of alkyl halides is 3. The number of hydrogen-bond acceptors (Lipinski definition) is 5. The molecule has 0 bridgehead atoms. The number of carbonyl (C=O) groups excluding carboxylic acids is 3. The molecular weight excluding hydrogens is 473 g/mol. The molecular formula is C26H31F3N4O3. The second-order valence-electron chi connectivity index (χ2n) is 7.35. The Balaban J connectivity index is 0.000000826. The van der Waals surface area contributed by atoms with Crippen molar-refractivity contribution in [1.29, 1.82) is 0 Å². The fraction of sp³-hybridized carbons (Fsp3) is 0.308. The van der Waals surface area contributed by atoms with Crippen molar-refractivity contribution in [3.8, 4) is 5.69 Å². The van der Waals surface area contributed by atoms with Gasteiger partial charge in [0.05, 0.1) is 12.2 Å². The highest BCUT2D eigenvalue weighted by Crippen LogP contribution is 2.30. The van der Waals surface area contributed by atoms with Crippen LogP contribution in [-0.2, 0) is 17.4 Å². The van der Waals surface area contributed by atoms with Gasteiger partial charge in [0.25, 0.3) is 5.91 Å². The van der Waals surface area contributed by atoms with Crippen LogP contribution in [-0.4, -0.2) is 33.8 Å². The van der Waals surface area contributed by atoms with Crippen LogP contribution in [0, 0.1) is 0 Å². The van der Waals surface area contributed by atoms with Crippen LogP contribution in [0.1, 0.15) is 66.7 Å². The van der Waals surface area contributed by atoms with Gasteiger partial charge in [-0.05, 0) is 50.1 Å². The molecule has 0 saturated heterocycles. The van der Waals surface area contributed by atoms with Crippen LogP contribution < -0.4 is 11.1 Å². The molecule has 36 heavy (non-hydrogen) atoms. The number of nitrogens with two attached hydrogens (primary N) is 1. The van der Waals surface area contributed by atoms with Crippen LogP contribution >= 0.6 is 0 Å². The van der Waals surface area contributed by atoms with E-state index in [0.29, 0.717) is 29.4 Å². The standard InChI is InChI=1S/C21H18F3N3O2.C3H7NO.C2H6/c1-3-14-6-4-9-17(10-14)27-18(12-19(26-27)21(22,23)24)20(29)25-16-8-5-7-15(11-16)13(2)28;1-3(5)2-4;1-2/h4-12H,3H2,1-2H3,(H,25,29);2,4H2,1H3;1-2H3. The highest BCUT2D eigenvalue weighted by atomic mass is 19.4. The summed E-state index contributed by atoms with van der Waals surface area (Å²) >= 11 is 0. The van der Waals surface area contributed by atoms with Crippen molar-refractivity contribution in [2.24, 2.45) is 5.73 Å². The number of aromatic nitrogens is 2. The van der Waals surface area contributed by atoms with Gasteiger partial charge >= 0.3 is 6.18 Å². The van der Waals surface area contributed by atoms with Crippen LogP contribution in [0.4, 0.5) is 18.9 Å². The second kappa shape index (κ2) is 13.9. The van der Waals surface area contributed by atoms with Crippen LogP contribution in [0.2, 0.25) is 0 Å². The summed E-state index contributed by atoms with van der Waals surface area (Å²) in [5, 5.41) is 6.15. The molecule has 0 atom stereocenters. The van der Waals surface area contributed by atoms with Gasteiger partial charge < -0.3 is 11.1 Å². The summed E-state index contributed by atoms with van der Waals surface area (Å²) in [7, 11) is 0. The van der Waals surface area contributed by atoms with Crippen molar-refractivity contribution >= 4 is 23.2 Å². The highest BCUT2D eigenvalue weighted by Gasteiger charge is 2.36. The molecule has 0 fully saturated rings. The summed E-state index contributed by atoms with van der Waals surface area (Å²) in [6.45, 7) is 8.92. The lowest BCUT2D eigenvalue weighted by molar-refractivity contribution is -0.141. The van der Waals surface area contributed by atoms with Crippen LogP contribution in [0.25, 0.3) is 5.69 Å². The first-order chi connectivity index (χ1) is 17.0. The Morgan fingerprint density at radius 3 is 2.14 bits per heavy atom. The molecule has 0 saturated carbocycles. The number of hydrogen-bond donors (Lipinski definition) is 2. The van der Waals surface area contributed by atoms with E-state index in [-0.39, 0.29) is 23.8 Å². The van der Waals surface area contributed by atoms with Gasteiger partial charge in [0, 0.05) is 17.3 Å². The molecule has 0 aliphatic heterocycles. The largest absolute Gasteiger partial charge is 0.435 e. The number of halogens is 3. The molecule has 3 N–H and O–H groups in total. The lowest BCUT2D eigenvalue weighted by Gasteiger charge is -2.10. The van der Waals surface area contributed by atoms with Gasteiger partial charge in [-0.2, -0.15) is 18.3 Å². The molecule has 3 rings (SSSR count). The number of ketones is 2. The molecule has 10 heteroatoms. The maximum Gasteiger partial charge on any atom is 0.435 e. The molecule has 0 unspecified atom stereocenters. The third kappa shape index (κ3) is 8.77. The van der Waals surface area contributed by atoms with Crippen LogP contribution in [0.5, 0.6) is 0 Å². The van der Waals surface area contributed by atoms with Gasteiger partial charge in [-0.25, -0.2) is 4.68 Å². The Morgan fingerprint density at radius 2 is 1.61 bits per heavy atom. The van der Waals surface area contributed by atoms with Crippen molar-refractivity contribution in [1.82, 2.24) is 9.78 Å². The number of amides is 1. The van der Waals surface area contributed by atoms with Crippen LogP contribution in [0.3, 0.4) is 0 Å². The van der Waals surface area contributed by atoms with Gasteiger partial charge in [0.1, 0.15) is 11.5 Å². The van der Waals surface area contributed by atoms with Crippen molar-refractivity contribution in [2.45, 2.75) is 47.2 Å². The number of nitrogens with zero attached hydrogens (tertiary/aromatic N) is 2. The second-order valence-corrected chi connectivity index (χ2v) is 7.35. The molecule has 1 aromatic heterocycles. The Hall–Kier alpha value is -3.79. The van der Waals surface area contributed by atoms with Crippen molar-refractivity contribution in [3.63, 3.8) is 0 Å². The lowest BCUT2D eigenvalue weighted by atomic mass is 10.1. The number of Topliss-reactive ketones (excluding diaryl/α,β-unsaturated/α-hetero) is 2. The zero-order chi connectivity index (χ0) is 27.5. The van der Waals surface area contributed by atoms with E-state index in [9.17, 15) is 27.6 Å². The van der Waals surface area contributed by atoms with E-state index in [2.05, 4.69) is 10.4 Å². The fourth-order valence-electron chi connectivity index (χ4n) is 2.80. The number of anilines is 1. The predicted octanol–water partition coefficient (Wildman–Crippen LogP) is 5.47. The van der Waals surface area contributed by atoms with Gasteiger partial charge in [-0.15, -0.1) is 0 Å². The average molecular weight is 505 g/mol. The molecule has 3 aromatic rings. The SMILES string of the molecule is CC.CC(=O)CN.CCc1cccc(-n2nc(C(F)(F)F)cc2C(=O)Nc2cccc(C(C)=O)c2)c1. The van der Waals surface area contributed by atoms with E-state index in [4.69, 9.17) is 5.73 Å². The first kappa shape index (κ1) is 30.2. The van der Waals surface area contributed by atoms with Gasteiger partial charge in [-0.3, -0.25) is 14.4 Å². The zero-order valence-corrected chi connectivity index (χ0v) is 20.9. The van der Waals surface area contributed by atoms with Gasteiger partial charge in [-0.1, -0.05) is 45.0 Å². The quantitative estimate of drug-likeness (QED) is 0.433. The Bertz CT molecular complexity index is 1190. The summed E-state index contributed by atoms with van der Waals surface area (Å²) in [6.07, 6.45) is -4.02. The smallest absolute Gasteiger partial charge is 0.324 e. The summed E-state index contributed by atoms with van der Waals surface area (Å²) in [5.41, 5.74) is 5.31. The summed E-state index contributed by atoms with van der Waals surface area (Å²) in [5.74, 6) is -0.928. The Labute approximate surface area is 208 Å². The Kier molecular flexibility index (Phi) is 11.7. The first-order valence-electron chi connectivity index (χ1n) is 11.3. The summed E-state index contributed by atoms with van der Waals surface area (Å²) in [4.78, 5) is 34.0. The van der Waals surface area contributed by atoms with E-state index in [1.165, 1.54) is 19.9 Å². The first-order valence-corrected chi connectivity index (χ1v) is 11.3. The van der Waals surface area contributed by atoms with Crippen LogP contribution in [0.15, 0.2) is 54.6 Å². The maximum atomic E-state index is 13.2. The molecule has 0 spiro atoms. The monoisotopic (exact) mass is 504 g/mol. The molecule has 0 radical (unpaired) electrons. The normalized spacial score (nSPS) is 10.4. The molecule has 194 valence electrons. The van der Waals surface area contributed by atoms with E-state index >= 15 is 0 Å². The number of carbonyl (C=O) groups is 3.